The molecule has 2 unspecified atom stereocenters. The molecule has 0 radical (unpaired) electrons. The molecule has 0 bridgehead atoms. The average Bonchev–Trinajstić information content (AvgIpc) is 2.56. The zero-order valence-corrected chi connectivity index (χ0v) is 12.9. The monoisotopic (exact) mass is 294 g/mol. The quantitative estimate of drug-likeness (QED) is 0.591. The highest BCUT2D eigenvalue weighted by Crippen LogP contribution is 2.35. The molecule has 1 aromatic rings. The van der Waals surface area contributed by atoms with Gasteiger partial charge in [-0.2, -0.15) is 0 Å². The van der Waals surface area contributed by atoms with E-state index in [0.29, 0.717) is 24.1 Å². The first-order valence-electron chi connectivity index (χ1n) is 7.74. The molecule has 118 valence electrons. The Morgan fingerprint density at radius 2 is 2.00 bits per heavy atom. The Bertz CT molecular complexity index is 424. The summed E-state index contributed by atoms with van der Waals surface area (Å²) in [4.78, 5) is 8.63. The highest BCUT2D eigenvalue weighted by Gasteiger charge is 2.34. The lowest BCUT2D eigenvalue weighted by Gasteiger charge is -2.35. The van der Waals surface area contributed by atoms with Crippen molar-refractivity contribution in [1.82, 2.24) is 15.4 Å². The summed E-state index contributed by atoms with van der Waals surface area (Å²) in [5.74, 6) is 6.81. The second-order valence-electron chi connectivity index (χ2n) is 5.41. The molecule has 1 fully saturated rings. The van der Waals surface area contributed by atoms with Crippen molar-refractivity contribution < 1.29 is 9.47 Å². The van der Waals surface area contributed by atoms with Crippen molar-refractivity contribution in [3.05, 3.63) is 18.1 Å². The van der Waals surface area contributed by atoms with E-state index in [4.69, 9.17) is 15.3 Å². The standard InChI is InChI=1S/C15H26N4O2/c1-3-21-14(11-7-5-4-6-8-11)12(19-16)13-15(20-2)18-10-9-17-13/h9-12,14,19H,3-8,16H2,1-2H3. The molecule has 21 heavy (non-hydrogen) atoms. The molecule has 6 heteroatoms. The summed E-state index contributed by atoms with van der Waals surface area (Å²) in [5, 5.41) is 0. The molecule has 3 N–H and O–H groups in total. The number of nitrogens with two attached hydrogens (primary N) is 1. The van der Waals surface area contributed by atoms with Gasteiger partial charge in [0.05, 0.1) is 19.3 Å². The van der Waals surface area contributed by atoms with Gasteiger partial charge < -0.3 is 9.47 Å². The molecule has 0 saturated heterocycles. The van der Waals surface area contributed by atoms with Gasteiger partial charge in [-0.05, 0) is 25.7 Å². The topological polar surface area (TPSA) is 82.3 Å². The van der Waals surface area contributed by atoms with E-state index in [0.717, 1.165) is 0 Å². The predicted octanol–water partition coefficient (Wildman–Crippen LogP) is 1.97. The number of hydrazine groups is 1. The van der Waals surface area contributed by atoms with E-state index in [1.165, 1.54) is 32.1 Å². The Morgan fingerprint density at radius 3 is 2.62 bits per heavy atom. The summed E-state index contributed by atoms with van der Waals surface area (Å²) in [6.45, 7) is 2.67. The maximum atomic E-state index is 6.02. The maximum absolute atomic E-state index is 6.02. The van der Waals surface area contributed by atoms with Gasteiger partial charge in [0.1, 0.15) is 5.69 Å². The summed E-state index contributed by atoms with van der Waals surface area (Å²) < 4.78 is 11.3. The van der Waals surface area contributed by atoms with E-state index < -0.39 is 0 Å². The minimum absolute atomic E-state index is 0.00843. The van der Waals surface area contributed by atoms with Crippen LogP contribution in [0.1, 0.15) is 50.8 Å². The first-order chi connectivity index (χ1) is 10.3. The second kappa shape index (κ2) is 8.26. The van der Waals surface area contributed by atoms with Crippen molar-refractivity contribution in [3.8, 4) is 5.88 Å². The predicted molar refractivity (Wildman–Crippen MR) is 80.6 cm³/mol. The van der Waals surface area contributed by atoms with Crippen molar-refractivity contribution in [1.29, 1.82) is 0 Å². The van der Waals surface area contributed by atoms with Crippen LogP contribution in [0.3, 0.4) is 0 Å². The number of hydrogen-bond acceptors (Lipinski definition) is 6. The van der Waals surface area contributed by atoms with Crippen LogP contribution in [0.5, 0.6) is 5.88 Å². The first-order valence-corrected chi connectivity index (χ1v) is 7.74. The third-order valence-electron chi connectivity index (χ3n) is 4.16. The van der Waals surface area contributed by atoms with Crippen LogP contribution in [0.15, 0.2) is 12.4 Å². The Kier molecular flexibility index (Phi) is 6.35. The van der Waals surface area contributed by atoms with Crippen molar-refractivity contribution in [2.24, 2.45) is 11.8 Å². The fraction of sp³-hybridized carbons (Fsp3) is 0.733. The van der Waals surface area contributed by atoms with Crippen LogP contribution in [0.4, 0.5) is 0 Å². The van der Waals surface area contributed by atoms with E-state index in [1.807, 2.05) is 6.92 Å². The molecule has 0 aromatic carbocycles. The van der Waals surface area contributed by atoms with Crippen LogP contribution in [-0.4, -0.2) is 29.8 Å². The van der Waals surface area contributed by atoms with Crippen LogP contribution in [0.25, 0.3) is 0 Å². The lowest BCUT2D eigenvalue weighted by Crippen LogP contribution is -2.43. The van der Waals surface area contributed by atoms with E-state index in [1.54, 1.807) is 19.5 Å². The summed E-state index contributed by atoms with van der Waals surface area (Å²) >= 11 is 0. The summed E-state index contributed by atoms with van der Waals surface area (Å²) in [7, 11) is 1.59. The third kappa shape index (κ3) is 3.90. The summed E-state index contributed by atoms with van der Waals surface area (Å²) in [6.07, 6.45) is 9.43. The zero-order valence-electron chi connectivity index (χ0n) is 12.9. The van der Waals surface area contributed by atoms with Crippen molar-refractivity contribution >= 4 is 0 Å². The Hall–Kier alpha value is -1.24. The molecule has 0 aliphatic heterocycles. The number of rotatable bonds is 7. The van der Waals surface area contributed by atoms with Crippen LogP contribution >= 0.6 is 0 Å². The van der Waals surface area contributed by atoms with Gasteiger partial charge in [0.2, 0.25) is 5.88 Å². The fourth-order valence-corrected chi connectivity index (χ4v) is 3.20. The van der Waals surface area contributed by atoms with Crippen molar-refractivity contribution in [3.63, 3.8) is 0 Å². The molecule has 1 aromatic heterocycles. The van der Waals surface area contributed by atoms with Gasteiger partial charge in [0.15, 0.2) is 0 Å². The normalized spacial score (nSPS) is 19.2. The fourth-order valence-electron chi connectivity index (χ4n) is 3.20. The third-order valence-corrected chi connectivity index (χ3v) is 4.16. The maximum Gasteiger partial charge on any atom is 0.237 e. The minimum Gasteiger partial charge on any atom is -0.480 e. The van der Waals surface area contributed by atoms with Crippen LogP contribution in [0, 0.1) is 5.92 Å². The number of nitrogens with one attached hydrogen (secondary N) is 1. The van der Waals surface area contributed by atoms with E-state index in [9.17, 15) is 0 Å². The lowest BCUT2D eigenvalue weighted by molar-refractivity contribution is -0.0199. The molecule has 1 aliphatic carbocycles. The number of methoxy groups -OCH3 is 1. The van der Waals surface area contributed by atoms with E-state index in [-0.39, 0.29) is 12.1 Å². The van der Waals surface area contributed by atoms with Crippen LogP contribution in [0.2, 0.25) is 0 Å². The number of ether oxygens (including phenoxy) is 2. The Labute approximate surface area is 126 Å². The number of hydrogen-bond donors (Lipinski definition) is 2. The summed E-state index contributed by atoms with van der Waals surface area (Å²) in [5.41, 5.74) is 3.58. The smallest absolute Gasteiger partial charge is 0.237 e. The Morgan fingerprint density at radius 1 is 1.29 bits per heavy atom. The molecule has 6 nitrogen and oxygen atoms in total. The molecule has 0 amide bonds. The average molecular weight is 294 g/mol. The van der Waals surface area contributed by atoms with Gasteiger partial charge in [0.25, 0.3) is 0 Å². The highest BCUT2D eigenvalue weighted by molar-refractivity contribution is 5.22. The van der Waals surface area contributed by atoms with Gasteiger partial charge in [-0.25, -0.2) is 10.4 Å². The van der Waals surface area contributed by atoms with Gasteiger partial charge in [-0.1, -0.05) is 19.3 Å². The summed E-state index contributed by atoms with van der Waals surface area (Å²) in [6, 6.07) is -0.211. The second-order valence-corrected chi connectivity index (χ2v) is 5.41. The van der Waals surface area contributed by atoms with Gasteiger partial charge >= 0.3 is 0 Å². The molecule has 1 aliphatic rings. The van der Waals surface area contributed by atoms with Crippen LogP contribution < -0.4 is 16.0 Å². The van der Waals surface area contributed by atoms with Crippen molar-refractivity contribution in [2.75, 3.05) is 13.7 Å². The van der Waals surface area contributed by atoms with Gasteiger partial charge in [-0.15, -0.1) is 0 Å². The molecule has 2 atom stereocenters. The molecule has 0 spiro atoms. The Balaban J connectivity index is 2.25. The molecular weight excluding hydrogens is 268 g/mol. The zero-order chi connectivity index (χ0) is 15.1. The van der Waals surface area contributed by atoms with E-state index in [2.05, 4.69) is 15.4 Å². The first kappa shape index (κ1) is 16.1. The van der Waals surface area contributed by atoms with Crippen LogP contribution in [-0.2, 0) is 4.74 Å². The highest BCUT2D eigenvalue weighted by atomic mass is 16.5. The molecule has 1 heterocycles. The minimum atomic E-state index is -0.211. The SMILES string of the molecule is CCOC(C1CCCCC1)C(NN)c1nccnc1OC. The molecule has 1 saturated carbocycles. The lowest BCUT2D eigenvalue weighted by atomic mass is 9.82. The molecular formula is C15H26N4O2. The number of nitrogens with zero attached hydrogens (tertiary/aromatic N) is 2. The largest absolute Gasteiger partial charge is 0.480 e. The van der Waals surface area contributed by atoms with Crippen molar-refractivity contribution in [2.45, 2.75) is 51.2 Å². The van der Waals surface area contributed by atoms with Gasteiger partial charge in [-0.3, -0.25) is 10.8 Å². The molecule has 2 rings (SSSR count). The van der Waals surface area contributed by atoms with E-state index >= 15 is 0 Å². The number of aromatic nitrogens is 2. The van der Waals surface area contributed by atoms with Gasteiger partial charge in [0, 0.05) is 19.0 Å².